The molecule has 0 saturated heterocycles. The first kappa shape index (κ1) is 13.3. The fourth-order valence-corrected chi connectivity index (χ4v) is 2.69. The lowest BCUT2D eigenvalue weighted by Crippen LogP contribution is -2.19. The Balaban J connectivity index is 1.69. The summed E-state index contributed by atoms with van der Waals surface area (Å²) in [5.41, 5.74) is 2.03. The highest BCUT2D eigenvalue weighted by Gasteiger charge is 2.07. The van der Waals surface area contributed by atoms with E-state index in [9.17, 15) is 9.59 Å². The van der Waals surface area contributed by atoms with Crippen molar-refractivity contribution in [3.8, 4) is 0 Å². The summed E-state index contributed by atoms with van der Waals surface area (Å²) in [7, 11) is 0. The summed E-state index contributed by atoms with van der Waals surface area (Å²) in [5, 5.41) is 5.92. The highest BCUT2D eigenvalue weighted by atomic mass is 32.1. The third kappa shape index (κ3) is 3.06. The lowest BCUT2D eigenvalue weighted by Gasteiger charge is -2.05. The van der Waals surface area contributed by atoms with Crippen LogP contribution in [-0.4, -0.2) is 17.3 Å². The zero-order valence-corrected chi connectivity index (χ0v) is 11.7. The zero-order valence-electron chi connectivity index (χ0n) is 10.9. The number of amides is 2. The van der Waals surface area contributed by atoms with Gasteiger partial charge in [-0.1, -0.05) is 23.5 Å². The smallest absolute Gasteiger partial charge is 0.308 e. The Labute approximate surface area is 124 Å². The first-order valence-electron chi connectivity index (χ1n) is 6.23. The molecule has 104 valence electrons. The molecule has 0 fully saturated rings. The number of hydrogen-bond donors (Lipinski definition) is 2. The van der Waals surface area contributed by atoms with Gasteiger partial charge in [0.2, 0.25) is 0 Å². The monoisotopic (exact) mass is 297 g/mol. The van der Waals surface area contributed by atoms with Crippen molar-refractivity contribution in [3.63, 3.8) is 0 Å². The number of benzene rings is 2. The summed E-state index contributed by atoms with van der Waals surface area (Å²) in [5.74, 6) is 0. The fourth-order valence-electron chi connectivity index (χ4n) is 1.83. The highest BCUT2D eigenvalue weighted by molar-refractivity contribution is 7.22. The first-order chi connectivity index (χ1) is 10.2. The van der Waals surface area contributed by atoms with Crippen molar-refractivity contribution < 1.29 is 9.59 Å². The lowest BCUT2D eigenvalue weighted by molar-refractivity contribution is 0.112. The molecule has 2 aromatic carbocycles. The molecule has 21 heavy (non-hydrogen) atoms. The number of anilines is 2. The number of aromatic nitrogens is 1. The van der Waals surface area contributed by atoms with Crippen molar-refractivity contribution in [3.05, 3.63) is 54.1 Å². The molecule has 0 bridgehead atoms. The van der Waals surface area contributed by atoms with E-state index >= 15 is 0 Å². The number of carbonyl (C=O) groups excluding carboxylic acids is 2. The Morgan fingerprint density at radius 2 is 1.81 bits per heavy atom. The van der Waals surface area contributed by atoms with Gasteiger partial charge in [-0.2, -0.15) is 0 Å². The van der Waals surface area contributed by atoms with Crippen molar-refractivity contribution in [2.75, 3.05) is 10.6 Å². The van der Waals surface area contributed by atoms with Gasteiger partial charge >= 0.3 is 6.03 Å². The van der Waals surface area contributed by atoms with E-state index in [1.165, 1.54) is 11.3 Å². The summed E-state index contributed by atoms with van der Waals surface area (Å²) < 4.78 is 1.02. The molecule has 6 heteroatoms. The van der Waals surface area contributed by atoms with Gasteiger partial charge in [0.1, 0.15) is 6.29 Å². The van der Waals surface area contributed by atoms with Gasteiger partial charge in [-0.15, -0.1) is 0 Å². The number of carbonyl (C=O) groups is 2. The third-order valence-electron chi connectivity index (χ3n) is 2.82. The van der Waals surface area contributed by atoms with Crippen LogP contribution < -0.4 is 10.6 Å². The molecular weight excluding hydrogens is 286 g/mol. The summed E-state index contributed by atoms with van der Waals surface area (Å²) >= 11 is 1.41. The predicted molar refractivity (Wildman–Crippen MR) is 84.1 cm³/mol. The molecule has 0 aliphatic heterocycles. The number of nitrogens with one attached hydrogen (secondary N) is 2. The van der Waals surface area contributed by atoms with Crippen molar-refractivity contribution in [1.29, 1.82) is 0 Å². The first-order valence-corrected chi connectivity index (χ1v) is 7.05. The number of fused-ring (bicyclic) bond motifs is 1. The standard InChI is InChI=1S/C15H11N3O2S/c19-9-10-5-7-11(8-6-10)16-14(20)18-15-17-12-3-1-2-4-13(12)21-15/h1-9H,(H2,16,17,18,20). The van der Waals surface area contributed by atoms with Gasteiger partial charge < -0.3 is 5.32 Å². The van der Waals surface area contributed by atoms with Gasteiger partial charge in [0, 0.05) is 11.3 Å². The number of thiazole rings is 1. The summed E-state index contributed by atoms with van der Waals surface area (Å²) in [4.78, 5) is 26.8. The van der Waals surface area contributed by atoms with Crippen LogP contribution in [-0.2, 0) is 0 Å². The third-order valence-corrected chi connectivity index (χ3v) is 3.77. The normalized spacial score (nSPS) is 10.3. The van der Waals surface area contributed by atoms with Crippen LogP contribution in [0.25, 0.3) is 10.2 Å². The Hall–Kier alpha value is -2.73. The molecule has 2 N–H and O–H groups in total. The Morgan fingerprint density at radius 1 is 1.05 bits per heavy atom. The van der Waals surface area contributed by atoms with Crippen LogP contribution in [0.2, 0.25) is 0 Å². The number of aldehydes is 1. The van der Waals surface area contributed by atoms with Gasteiger partial charge in [-0.25, -0.2) is 9.78 Å². The molecule has 0 saturated carbocycles. The SMILES string of the molecule is O=Cc1ccc(NC(=O)Nc2nc3ccccc3s2)cc1. The molecule has 1 aromatic heterocycles. The molecule has 3 rings (SSSR count). The predicted octanol–water partition coefficient (Wildman–Crippen LogP) is 3.75. The van der Waals surface area contributed by atoms with E-state index in [0.717, 1.165) is 16.5 Å². The fraction of sp³-hybridized carbons (Fsp3) is 0. The van der Waals surface area contributed by atoms with Gasteiger partial charge in [-0.3, -0.25) is 10.1 Å². The van der Waals surface area contributed by atoms with E-state index in [2.05, 4.69) is 15.6 Å². The molecular formula is C15H11N3O2S. The molecule has 0 radical (unpaired) electrons. The average molecular weight is 297 g/mol. The largest absolute Gasteiger partial charge is 0.325 e. The Morgan fingerprint density at radius 3 is 2.52 bits per heavy atom. The van der Waals surface area contributed by atoms with Crippen molar-refractivity contribution >= 4 is 44.7 Å². The zero-order chi connectivity index (χ0) is 14.7. The Bertz CT molecular complexity index is 763. The van der Waals surface area contributed by atoms with E-state index in [4.69, 9.17) is 0 Å². The van der Waals surface area contributed by atoms with Gasteiger partial charge in [0.15, 0.2) is 5.13 Å². The molecule has 0 atom stereocenters. The van der Waals surface area contributed by atoms with Crippen LogP contribution in [0.15, 0.2) is 48.5 Å². The van der Waals surface area contributed by atoms with Crippen LogP contribution in [0.3, 0.4) is 0 Å². The summed E-state index contributed by atoms with van der Waals surface area (Å²) in [6, 6.07) is 13.9. The average Bonchev–Trinajstić information content (AvgIpc) is 2.90. The van der Waals surface area contributed by atoms with Crippen LogP contribution in [0, 0.1) is 0 Å². The van der Waals surface area contributed by atoms with Crippen molar-refractivity contribution in [1.82, 2.24) is 4.98 Å². The van der Waals surface area contributed by atoms with Crippen LogP contribution in [0.4, 0.5) is 15.6 Å². The minimum atomic E-state index is -0.368. The van der Waals surface area contributed by atoms with Crippen molar-refractivity contribution in [2.24, 2.45) is 0 Å². The van der Waals surface area contributed by atoms with Crippen molar-refractivity contribution in [2.45, 2.75) is 0 Å². The number of nitrogens with zero attached hydrogens (tertiary/aromatic N) is 1. The molecule has 2 amide bonds. The number of hydrogen-bond acceptors (Lipinski definition) is 4. The molecule has 0 spiro atoms. The maximum Gasteiger partial charge on any atom is 0.325 e. The van der Waals surface area contributed by atoms with Crippen LogP contribution in [0.5, 0.6) is 0 Å². The van der Waals surface area contributed by atoms with E-state index in [1.54, 1.807) is 24.3 Å². The van der Waals surface area contributed by atoms with E-state index in [1.807, 2.05) is 24.3 Å². The minimum absolute atomic E-state index is 0.368. The van der Waals surface area contributed by atoms with Gasteiger partial charge in [-0.05, 0) is 36.4 Å². The molecule has 0 unspecified atom stereocenters. The second-order valence-corrected chi connectivity index (χ2v) is 5.34. The summed E-state index contributed by atoms with van der Waals surface area (Å²) in [6.07, 6.45) is 0.755. The number of urea groups is 1. The number of para-hydroxylation sites is 1. The molecule has 0 aliphatic rings. The number of rotatable bonds is 3. The Kier molecular flexibility index (Phi) is 3.61. The van der Waals surface area contributed by atoms with E-state index in [-0.39, 0.29) is 6.03 Å². The second kappa shape index (κ2) is 5.72. The highest BCUT2D eigenvalue weighted by Crippen LogP contribution is 2.25. The molecule has 1 heterocycles. The van der Waals surface area contributed by atoms with Gasteiger partial charge in [0.05, 0.1) is 10.2 Å². The van der Waals surface area contributed by atoms with Crippen LogP contribution >= 0.6 is 11.3 Å². The van der Waals surface area contributed by atoms with Gasteiger partial charge in [0.25, 0.3) is 0 Å². The van der Waals surface area contributed by atoms with E-state index < -0.39 is 0 Å². The topological polar surface area (TPSA) is 71.1 Å². The lowest BCUT2D eigenvalue weighted by atomic mass is 10.2. The summed E-state index contributed by atoms with van der Waals surface area (Å²) in [6.45, 7) is 0. The second-order valence-electron chi connectivity index (χ2n) is 4.31. The molecule has 3 aromatic rings. The maximum atomic E-state index is 11.9. The maximum absolute atomic E-state index is 11.9. The van der Waals surface area contributed by atoms with Crippen LogP contribution in [0.1, 0.15) is 10.4 Å². The van der Waals surface area contributed by atoms with E-state index in [0.29, 0.717) is 16.4 Å². The molecule has 0 aliphatic carbocycles. The minimum Gasteiger partial charge on any atom is -0.308 e. The molecule has 5 nitrogen and oxygen atoms in total. The quantitative estimate of drug-likeness (QED) is 0.723.